The molecule has 0 heterocycles. The fourth-order valence-corrected chi connectivity index (χ4v) is 11.5. The second kappa shape index (κ2) is 14.7. The predicted molar refractivity (Wildman–Crippen MR) is 177 cm³/mol. The summed E-state index contributed by atoms with van der Waals surface area (Å²) in [6.45, 7) is 15.4. The van der Waals surface area contributed by atoms with Gasteiger partial charge < -0.3 is 19.2 Å². The third-order valence-electron chi connectivity index (χ3n) is 8.71. The zero-order valence-electron chi connectivity index (χ0n) is 27.6. The number of carbonyl (C=O) groups is 2. The van der Waals surface area contributed by atoms with E-state index in [0.29, 0.717) is 6.61 Å². The maximum Gasteiger partial charge on any atom is 0.408 e. The van der Waals surface area contributed by atoms with Gasteiger partial charge in [0, 0.05) is 18.2 Å². The Morgan fingerprint density at radius 1 is 1.00 bits per heavy atom. The molecule has 0 radical (unpaired) electrons. The van der Waals surface area contributed by atoms with E-state index in [1.165, 1.54) is 23.6 Å². The molecule has 6 nitrogen and oxygen atoms in total. The van der Waals surface area contributed by atoms with E-state index in [2.05, 4.69) is 93.7 Å². The minimum Gasteiger partial charge on any atom is -0.466 e. The molecule has 1 aliphatic carbocycles. The van der Waals surface area contributed by atoms with Crippen molar-refractivity contribution < 1.29 is 23.5 Å². The number of alkyl carbamates (subject to hydrolysis) is 1. The number of hydrogen-bond acceptors (Lipinski definition) is 5. The Morgan fingerprint density at radius 3 is 2.09 bits per heavy atom. The van der Waals surface area contributed by atoms with Crippen molar-refractivity contribution in [3.05, 3.63) is 72.8 Å². The van der Waals surface area contributed by atoms with Crippen LogP contribution in [-0.2, 0) is 18.7 Å². The average molecular weight is 608 g/mol. The van der Waals surface area contributed by atoms with Crippen molar-refractivity contribution in [3.63, 3.8) is 0 Å². The van der Waals surface area contributed by atoms with E-state index in [1.54, 1.807) is 0 Å². The maximum atomic E-state index is 13.2. The number of methoxy groups -OCH3 is 1. The molecular formula is C36H53NO5Si. The molecule has 2 aromatic rings. The lowest BCUT2D eigenvalue weighted by atomic mass is 9.76. The molecule has 1 N–H and O–H groups in total. The Labute approximate surface area is 260 Å². The number of amides is 1. The van der Waals surface area contributed by atoms with Gasteiger partial charge in [0.25, 0.3) is 8.32 Å². The number of benzene rings is 2. The van der Waals surface area contributed by atoms with Crippen molar-refractivity contribution >= 4 is 30.8 Å². The molecule has 3 rings (SSSR count). The number of esters is 1. The molecule has 43 heavy (non-hydrogen) atoms. The number of nitrogens with one attached hydrogen (secondary N) is 1. The molecule has 0 aromatic heterocycles. The van der Waals surface area contributed by atoms with Gasteiger partial charge in [-0.05, 0) is 80.1 Å². The predicted octanol–water partition coefficient (Wildman–Crippen LogP) is 7.16. The Kier molecular flexibility index (Phi) is 11.8. The maximum absolute atomic E-state index is 13.2. The number of rotatable bonds is 12. The monoisotopic (exact) mass is 607 g/mol. The van der Waals surface area contributed by atoms with Crippen molar-refractivity contribution in [1.82, 2.24) is 5.32 Å². The van der Waals surface area contributed by atoms with E-state index in [9.17, 15) is 9.59 Å². The Hall–Kier alpha value is -2.90. The summed E-state index contributed by atoms with van der Waals surface area (Å²) in [4.78, 5) is 24.7. The molecule has 1 fully saturated rings. The van der Waals surface area contributed by atoms with Crippen molar-refractivity contribution in [2.75, 3.05) is 13.7 Å². The summed E-state index contributed by atoms with van der Waals surface area (Å²) in [5, 5.41) is 5.79. The van der Waals surface area contributed by atoms with Crippen LogP contribution in [0.2, 0.25) is 5.04 Å². The summed E-state index contributed by atoms with van der Waals surface area (Å²) in [7, 11) is -1.31. The van der Waals surface area contributed by atoms with Crippen LogP contribution in [0.1, 0.15) is 87.0 Å². The fourth-order valence-electron chi connectivity index (χ4n) is 6.88. The van der Waals surface area contributed by atoms with Crippen LogP contribution in [0, 0.1) is 11.8 Å². The van der Waals surface area contributed by atoms with E-state index in [1.807, 2.05) is 26.8 Å². The molecule has 236 valence electrons. The molecule has 1 aliphatic rings. The number of hydrogen-bond donors (Lipinski definition) is 1. The van der Waals surface area contributed by atoms with Crippen LogP contribution in [0.25, 0.3) is 0 Å². The zero-order chi connectivity index (χ0) is 31.7. The van der Waals surface area contributed by atoms with Gasteiger partial charge in [-0.3, -0.25) is 0 Å². The van der Waals surface area contributed by atoms with Gasteiger partial charge in [-0.1, -0.05) is 101 Å². The van der Waals surface area contributed by atoms with Crippen molar-refractivity contribution in [3.8, 4) is 0 Å². The van der Waals surface area contributed by atoms with Gasteiger partial charge in [0.15, 0.2) is 0 Å². The number of allylic oxidation sites excluding steroid dienone is 1. The summed E-state index contributed by atoms with van der Waals surface area (Å²) in [6, 6.07) is 21.5. The lowest BCUT2D eigenvalue weighted by Gasteiger charge is -2.45. The van der Waals surface area contributed by atoms with E-state index < -0.39 is 19.5 Å². The topological polar surface area (TPSA) is 73.9 Å². The van der Waals surface area contributed by atoms with E-state index in [4.69, 9.17) is 13.9 Å². The molecule has 1 amide bonds. The molecule has 0 saturated heterocycles. The summed E-state index contributed by atoms with van der Waals surface area (Å²) < 4.78 is 17.8. The Bertz CT molecular complexity index is 1160. The highest BCUT2D eigenvalue weighted by molar-refractivity contribution is 6.99. The first-order valence-electron chi connectivity index (χ1n) is 15.7. The molecule has 1 saturated carbocycles. The number of unbranched alkanes of at least 4 members (excludes halogenated alkanes) is 1. The Balaban J connectivity index is 1.91. The van der Waals surface area contributed by atoms with E-state index in [-0.39, 0.29) is 28.9 Å². The zero-order valence-corrected chi connectivity index (χ0v) is 28.6. The summed E-state index contributed by atoms with van der Waals surface area (Å²) in [5.41, 5.74) is -0.990. The normalized spacial score (nSPS) is 20.1. The van der Waals surface area contributed by atoms with Gasteiger partial charge in [-0.25, -0.2) is 9.59 Å². The quantitative estimate of drug-likeness (QED) is 0.120. The van der Waals surface area contributed by atoms with Gasteiger partial charge in [0.1, 0.15) is 5.60 Å². The molecule has 0 spiro atoms. The SMILES string of the molecule is COC(=O)/C=C/CCC[C@@]1(NC(=O)OC(C)(C)C)CCC[C@@H]1[C@@H](C)CO[Si](c1ccccc1)(c1ccccc1)C(C)(C)C. The summed E-state index contributed by atoms with van der Waals surface area (Å²) in [6.07, 6.45) is 8.25. The molecule has 7 heteroatoms. The second-order valence-electron chi connectivity index (χ2n) is 14.1. The minimum absolute atomic E-state index is 0.108. The lowest BCUT2D eigenvalue weighted by Crippen LogP contribution is -2.67. The van der Waals surface area contributed by atoms with Crippen molar-refractivity contribution in [2.45, 2.75) is 103 Å². The van der Waals surface area contributed by atoms with Crippen LogP contribution in [0.5, 0.6) is 0 Å². The van der Waals surface area contributed by atoms with Crippen molar-refractivity contribution in [1.29, 1.82) is 0 Å². The van der Waals surface area contributed by atoms with Crippen LogP contribution < -0.4 is 15.7 Å². The van der Waals surface area contributed by atoms with Gasteiger partial charge >= 0.3 is 12.1 Å². The first kappa shape index (κ1) is 34.6. The number of carbonyl (C=O) groups excluding carboxylic acids is 2. The highest BCUT2D eigenvalue weighted by atomic mass is 28.4. The standard InChI is InChI=1S/C36H53NO5Si/c1-28(27-41-43(35(5,6)7,29-19-12-9-13-20-29)30-21-14-10-15-22-30)31-23-18-26-36(31,37-33(39)42-34(2,3)4)25-17-11-16-24-32(38)40-8/h9-10,12-16,19-22,24,28,31H,11,17-18,23,25-27H2,1-8H3,(H,37,39)/b24-16+/t28-,31+,36+/m0/s1. The second-order valence-corrected chi connectivity index (χ2v) is 18.4. The van der Waals surface area contributed by atoms with E-state index in [0.717, 1.165) is 38.5 Å². The Morgan fingerprint density at radius 2 is 1.58 bits per heavy atom. The summed E-state index contributed by atoms with van der Waals surface area (Å²) in [5.74, 6) is 0.0713. The molecule has 0 unspecified atom stereocenters. The number of ether oxygens (including phenoxy) is 2. The van der Waals surface area contributed by atoms with Crippen LogP contribution >= 0.6 is 0 Å². The molecular weight excluding hydrogens is 554 g/mol. The minimum atomic E-state index is -2.69. The molecule has 2 aromatic carbocycles. The van der Waals surface area contributed by atoms with Crippen LogP contribution in [0.4, 0.5) is 4.79 Å². The first-order valence-corrected chi connectivity index (χ1v) is 17.7. The largest absolute Gasteiger partial charge is 0.466 e. The third kappa shape index (κ3) is 8.82. The lowest BCUT2D eigenvalue weighted by molar-refractivity contribution is -0.134. The molecule has 0 bridgehead atoms. The van der Waals surface area contributed by atoms with Gasteiger partial charge in [-0.2, -0.15) is 0 Å². The highest BCUT2D eigenvalue weighted by Gasteiger charge is 2.52. The molecule has 0 aliphatic heterocycles. The van der Waals surface area contributed by atoms with Gasteiger partial charge in [0.05, 0.1) is 7.11 Å². The van der Waals surface area contributed by atoms with E-state index >= 15 is 0 Å². The fraction of sp³-hybridized carbons (Fsp3) is 0.556. The molecule has 3 atom stereocenters. The summed E-state index contributed by atoms with van der Waals surface area (Å²) >= 11 is 0. The van der Waals surface area contributed by atoms with Crippen LogP contribution in [0.15, 0.2) is 72.8 Å². The van der Waals surface area contributed by atoms with Crippen molar-refractivity contribution in [2.24, 2.45) is 11.8 Å². The third-order valence-corrected chi connectivity index (χ3v) is 13.7. The van der Waals surface area contributed by atoms with Crippen LogP contribution in [0.3, 0.4) is 0 Å². The highest BCUT2D eigenvalue weighted by Crippen LogP contribution is 2.45. The van der Waals surface area contributed by atoms with Gasteiger partial charge in [-0.15, -0.1) is 0 Å². The van der Waals surface area contributed by atoms with Gasteiger partial charge in [0.2, 0.25) is 0 Å². The van der Waals surface area contributed by atoms with Crippen LogP contribution in [-0.4, -0.2) is 45.2 Å². The smallest absolute Gasteiger partial charge is 0.408 e. The average Bonchev–Trinajstić information content (AvgIpc) is 3.35. The first-order chi connectivity index (χ1) is 20.2.